The van der Waals surface area contributed by atoms with Crippen molar-refractivity contribution in [3.05, 3.63) is 0 Å². The van der Waals surface area contributed by atoms with E-state index in [1.165, 1.54) is 0 Å². The molecule has 0 saturated heterocycles. The number of Topliss-reactive ketones (excluding diaryl/α,β-unsaturated/α-hetero) is 3. The van der Waals surface area contributed by atoms with Crippen molar-refractivity contribution in [1.29, 1.82) is 0 Å². The number of carbonyl (C=O) groups excluding carboxylic acids is 6. The Morgan fingerprint density at radius 2 is 0.600 bits per heavy atom. The van der Waals surface area contributed by atoms with Gasteiger partial charge in [-0.25, -0.2) is 0 Å². The smallest absolute Gasteiger partial charge is 0.307 e. The first-order valence-electron chi connectivity index (χ1n) is 24.1. The van der Waals surface area contributed by atoms with E-state index in [1.807, 2.05) is 41.5 Å². The van der Waals surface area contributed by atoms with Crippen molar-refractivity contribution in [1.82, 2.24) is 0 Å². The van der Waals surface area contributed by atoms with E-state index in [0.29, 0.717) is 64.2 Å². The van der Waals surface area contributed by atoms with Crippen molar-refractivity contribution in [2.24, 2.45) is 0 Å². The van der Waals surface area contributed by atoms with Gasteiger partial charge in [0.1, 0.15) is 18.3 Å². The summed E-state index contributed by atoms with van der Waals surface area (Å²) in [4.78, 5) is 89.2. The first-order valence-corrected chi connectivity index (χ1v) is 24.1. The van der Waals surface area contributed by atoms with Crippen LogP contribution >= 0.6 is 0 Å². The van der Waals surface area contributed by atoms with Gasteiger partial charge >= 0.3 is 17.9 Å². The van der Waals surface area contributed by atoms with Crippen molar-refractivity contribution in [2.45, 2.75) is 269 Å². The molecule has 0 radical (unpaired) electrons. The van der Waals surface area contributed by atoms with Crippen LogP contribution in [0.4, 0.5) is 0 Å². The van der Waals surface area contributed by atoms with Gasteiger partial charge < -0.3 is 29.5 Å². The van der Waals surface area contributed by atoms with Crippen LogP contribution in [0.1, 0.15) is 234 Å². The molecule has 0 aromatic heterocycles. The second kappa shape index (κ2) is 30.4. The lowest BCUT2D eigenvalue weighted by Crippen LogP contribution is -2.91. The summed E-state index contributed by atoms with van der Waals surface area (Å²) in [7, 11) is 0. The molecular formula is C48H84O12. The quantitative estimate of drug-likeness (QED) is 0.0308. The van der Waals surface area contributed by atoms with Gasteiger partial charge in [0.25, 0.3) is 5.60 Å². The highest BCUT2D eigenvalue weighted by molar-refractivity contribution is 6.10. The monoisotopic (exact) mass is 853 g/mol. The van der Waals surface area contributed by atoms with Crippen molar-refractivity contribution < 1.29 is 58.3 Å². The number of ketones is 3. The molecule has 0 aromatic carbocycles. The fraction of sp³-hybridized carbons (Fsp3) is 0.875. The highest BCUT2D eigenvalue weighted by Crippen LogP contribution is 2.55. The Kier molecular flexibility index (Phi) is 28.0. The van der Waals surface area contributed by atoms with Crippen molar-refractivity contribution in [3.63, 3.8) is 0 Å². The Balaban J connectivity index is 4.60. The summed E-state index contributed by atoms with van der Waals surface area (Å²) in [5.41, 5.74) is -9.95. The van der Waals surface area contributed by atoms with Crippen LogP contribution in [-0.4, -0.2) is 85.7 Å². The maximum atomic E-state index is 15.7. The van der Waals surface area contributed by atoms with Crippen LogP contribution in [0.2, 0.25) is 0 Å². The summed E-state index contributed by atoms with van der Waals surface area (Å²) < 4.78 is 18.8. The highest BCUT2D eigenvalue weighted by Gasteiger charge is 2.87. The zero-order chi connectivity index (χ0) is 45.0. The van der Waals surface area contributed by atoms with Crippen LogP contribution in [0.3, 0.4) is 0 Å². The third kappa shape index (κ3) is 15.0. The highest BCUT2D eigenvalue weighted by atomic mass is 16.7. The number of aliphatic hydroxyl groups excluding tert-OH is 3. The summed E-state index contributed by atoms with van der Waals surface area (Å²) >= 11 is 0. The molecule has 0 heterocycles. The molecule has 0 amide bonds. The Hall–Kier alpha value is -2.70. The number of carbonyl (C=O) groups is 6. The maximum Gasteiger partial charge on any atom is 0.307 e. The Labute approximate surface area is 362 Å². The predicted molar refractivity (Wildman–Crippen MR) is 232 cm³/mol. The number of unbranched alkanes of at least 4 members (excludes halogenated alkanes) is 18. The minimum absolute atomic E-state index is 0.175. The van der Waals surface area contributed by atoms with Gasteiger partial charge in [-0.15, -0.1) is 0 Å². The topological polar surface area (TPSA) is 191 Å². The second-order valence-corrected chi connectivity index (χ2v) is 17.1. The van der Waals surface area contributed by atoms with Crippen molar-refractivity contribution in [3.8, 4) is 0 Å². The van der Waals surface area contributed by atoms with Crippen LogP contribution in [0, 0.1) is 0 Å². The molecule has 60 heavy (non-hydrogen) atoms. The number of hydrogen-bond acceptors (Lipinski definition) is 12. The van der Waals surface area contributed by atoms with Gasteiger partial charge in [0.2, 0.25) is 11.2 Å². The number of rotatable bonds is 36. The van der Waals surface area contributed by atoms with E-state index < -0.39 is 89.6 Å². The number of hydrogen-bond donors (Lipinski definition) is 3. The minimum Gasteiger partial charge on any atom is -0.443 e. The third-order valence-electron chi connectivity index (χ3n) is 12.0. The summed E-state index contributed by atoms with van der Waals surface area (Å²) in [6, 6.07) is 0. The van der Waals surface area contributed by atoms with Crippen LogP contribution in [0.15, 0.2) is 0 Å². The van der Waals surface area contributed by atoms with E-state index >= 15 is 14.4 Å². The largest absolute Gasteiger partial charge is 0.443 e. The molecule has 0 aliphatic heterocycles. The average Bonchev–Trinajstić information content (AvgIpc) is 3.23. The summed E-state index contributed by atoms with van der Waals surface area (Å²) in [5, 5.41) is 36.9. The standard InChI is InChI=1S/C48H84O12/c1-7-13-19-25-31-37(49)46(58-40(52)34-28-22-16-10-4)44(56)43(55)45(57)47(38(50)32-26-20-14-8-2,59-41(53)35-29-23-17-11-5)48(46,39(51)33-27-21-15-9-3)60-42(54)36-30-24-18-12-6/h43-45,55-57H,7-36H2,1-6H3/t43-,44-,45+,46+,47-,48-. The number of aliphatic hydroxyl groups is 3. The van der Waals surface area contributed by atoms with Gasteiger partial charge in [-0.3, -0.25) is 28.8 Å². The summed E-state index contributed by atoms with van der Waals surface area (Å²) in [6.07, 6.45) is 4.76. The van der Waals surface area contributed by atoms with Crippen LogP contribution in [-0.2, 0) is 43.0 Å². The molecule has 3 N–H and O–H groups in total. The van der Waals surface area contributed by atoms with Gasteiger partial charge in [-0.2, -0.15) is 0 Å². The molecule has 1 saturated carbocycles. The van der Waals surface area contributed by atoms with Gasteiger partial charge in [-0.1, -0.05) is 157 Å². The van der Waals surface area contributed by atoms with E-state index in [9.17, 15) is 29.7 Å². The normalized spacial score (nSPS) is 23.9. The third-order valence-corrected chi connectivity index (χ3v) is 12.0. The first-order chi connectivity index (χ1) is 28.8. The molecule has 1 rings (SSSR count). The molecular weight excluding hydrogens is 769 g/mol. The Morgan fingerprint density at radius 3 is 0.883 bits per heavy atom. The van der Waals surface area contributed by atoms with Crippen molar-refractivity contribution >= 4 is 35.3 Å². The molecule has 1 aliphatic rings. The number of esters is 3. The first kappa shape index (κ1) is 55.3. The summed E-state index contributed by atoms with van der Waals surface area (Å²) in [5.74, 6) is -6.37. The van der Waals surface area contributed by atoms with Gasteiger partial charge in [0.05, 0.1) is 0 Å². The molecule has 12 heteroatoms. The van der Waals surface area contributed by atoms with E-state index in [2.05, 4.69) is 0 Å². The van der Waals surface area contributed by atoms with Crippen molar-refractivity contribution in [2.75, 3.05) is 0 Å². The van der Waals surface area contributed by atoms with E-state index in [0.717, 1.165) is 70.6 Å². The van der Waals surface area contributed by atoms with E-state index in [1.54, 1.807) is 0 Å². The molecule has 6 atom stereocenters. The fourth-order valence-electron chi connectivity index (χ4n) is 8.53. The lowest BCUT2D eigenvalue weighted by atomic mass is 9.53. The minimum atomic E-state index is -3.39. The zero-order valence-electron chi connectivity index (χ0n) is 38.5. The molecule has 0 spiro atoms. The summed E-state index contributed by atoms with van der Waals surface area (Å²) in [6.45, 7) is 11.9. The lowest BCUT2D eigenvalue weighted by molar-refractivity contribution is -0.324. The SMILES string of the molecule is CCCCCCC(=O)O[C@@]1(C(=O)CCCCCC)[C@@](OC(=O)CCCCCC)(C(=O)CCCCCC)[C@@H](O)[C@H](O)[C@@H](O)[C@@]1(OC(=O)CCCCCC)C(=O)CCCCCC. The van der Waals surface area contributed by atoms with Crippen LogP contribution in [0.5, 0.6) is 0 Å². The average molecular weight is 853 g/mol. The van der Waals surface area contributed by atoms with Crippen LogP contribution < -0.4 is 0 Å². The Bertz CT molecular complexity index is 1210. The Morgan fingerprint density at radius 1 is 0.350 bits per heavy atom. The molecule has 0 bridgehead atoms. The molecule has 0 unspecified atom stereocenters. The lowest BCUT2D eigenvalue weighted by Gasteiger charge is -2.61. The van der Waals surface area contributed by atoms with Gasteiger partial charge in [0, 0.05) is 38.5 Å². The van der Waals surface area contributed by atoms with Gasteiger partial charge in [-0.05, 0) is 38.5 Å². The fourth-order valence-corrected chi connectivity index (χ4v) is 8.53. The van der Waals surface area contributed by atoms with E-state index in [-0.39, 0.29) is 38.5 Å². The zero-order valence-corrected chi connectivity index (χ0v) is 38.5. The van der Waals surface area contributed by atoms with E-state index in [4.69, 9.17) is 14.2 Å². The molecule has 1 fully saturated rings. The molecule has 348 valence electrons. The maximum absolute atomic E-state index is 15.7. The second-order valence-electron chi connectivity index (χ2n) is 17.1. The molecule has 1 aliphatic carbocycles. The molecule has 0 aromatic rings. The molecule has 12 nitrogen and oxygen atoms in total. The van der Waals surface area contributed by atoms with Crippen LogP contribution in [0.25, 0.3) is 0 Å². The van der Waals surface area contributed by atoms with Gasteiger partial charge in [0.15, 0.2) is 17.3 Å². The number of ether oxygens (including phenoxy) is 3. The predicted octanol–water partition coefficient (Wildman–Crippen LogP) is 9.46.